The average Bonchev–Trinajstić information content (AvgIpc) is 2.97. The number of imidazole rings is 1. The number of nitrogens with one attached hydrogen (secondary N) is 1. The number of likely N-dealkylation sites (tertiary alicyclic amines) is 1. The molecule has 142 valence electrons. The number of piperidine rings is 1. The number of H-pyrrole nitrogens is 1. The van der Waals surface area contributed by atoms with Crippen molar-refractivity contribution < 1.29 is 9.90 Å². The summed E-state index contributed by atoms with van der Waals surface area (Å²) in [5.74, 6) is 0. The molecule has 0 radical (unpaired) electrons. The van der Waals surface area contributed by atoms with E-state index in [4.69, 9.17) is 0 Å². The van der Waals surface area contributed by atoms with Crippen LogP contribution >= 0.6 is 0 Å². The summed E-state index contributed by atoms with van der Waals surface area (Å²) in [6, 6.07) is 7.64. The van der Waals surface area contributed by atoms with Crippen molar-refractivity contribution in [3.8, 4) is 0 Å². The van der Waals surface area contributed by atoms with Gasteiger partial charge in [-0.3, -0.25) is 9.47 Å². The van der Waals surface area contributed by atoms with E-state index in [1.807, 2.05) is 28.8 Å². The summed E-state index contributed by atoms with van der Waals surface area (Å²) < 4.78 is 1.82. The summed E-state index contributed by atoms with van der Waals surface area (Å²) in [4.78, 5) is 31.1. The molecule has 26 heavy (non-hydrogen) atoms. The van der Waals surface area contributed by atoms with Crippen LogP contribution in [0.5, 0.6) is 0 Å². The first-order chi connectivity index (χ1) is 12.5. The third-order valence-electron chi connectivity index (χ3n) is 5.80. The number of carbonyl (C=O) groups is 1. The van der Waals surface area contributed by atoms with E-state index in [1.165, 1.54) is 0 Å². The van der Waals surface area contributed by atoms with Crippen LogP contribution in [0.4, 0.5) is 4.79 Å². The van der Waals surface area contributed by atoms with Crippen molar-refractivity contribution in [1.29, 1.82) is 0 Å². The minimum Gasteiger partial charge on any atom is -0.465 e. The molecule has 2 N–H and O–H groups in total. The number of likely N-dealkylation sites (N-methyl/N-ethyl adjacent to an activating group) is 1. The molecule has 7 heteroatoms. The van der Waals surface area contributed by atoms with Crippen LogP contribution in [0.2, 0.25) is 0 Å². The molecule has 0 spiro atoms. The van der Waals surface area contributed by atoms with E-state index in [0.717, 1.165) is 24.1 Å². The zero-order valence-corrected chi connectivity index (χ0v) is 15.7. The van der Waals surface area contributed by atoms with Crippen molar-refractivity contribution in [3.63, 3.8) is 0 Å². The SMILES string of the molecule is CCN(CC)C(C)C1CC(n2c(=O)[nH]c3ccccc32)CCN1C(=O)O. The van der Waals surface area contributed by atoms with Gasteiger partial charge in [-0.15, -0.1) is 0 Å². The highest BCUT2D eigenvalue weighted by atomic mass is 16.4. The van der Waals surface area contributed by atoms with Gasteiger partial charge in [-0.2, -0.15) is 0 Å². The van der Waals surface area contributed by atoms with Gasteiger partial charge in [0, 0.05) is 18.6 Å². The number of amides is 1. The molecule has 0 aliphatic carbocycles. The Morgan fingerprint density at radius 2 is 2.04 bits per heavy atom. The first-order valence-electron chi connectivity index (χ1n) is 9.40. The van der Waals surface area contributed by atoms with Gasteiger partial charge in [-0.05, 0) is 45.0 Å². The molecule has 1 aromatic carbocycles. The third kappa shape index (κ3) is 3.23. The maximum atomic E-state index is 12.5. The number of carboxylic acid groups (broad SMARTS) is 1. The van der Waals surface area contributed by atoms with Gasteiger partial charge in [0.15, 0.2) is 0 Å². The quantitative estimate of drug-likeness (QED) is 0.859. The Kier molecular flexibility index (Phi) is 5.36. The Bertz CT molecular complexity index is 824. The van der Waals surface area contributed by atoms with Gasteiger partial charge in [0.25, 0.3) is 0 Å². The van der Waals surface area contributed by atoms with Crippen molar-refractivity contribution in [1.82, 2.24) is 19.4 Å². The minimum atomic E-state index is -0.876. The van der Waals surface area contributed by atoms with E-state index < -0.39 is 6.09 Å². The standard InChI is InChI=1S/C19H28N4O3/c1-4-21(5-2)13(3)17-12-14(10-11-22(17)19(25)26)23-16-9-7-6-8-15(16)20-18(23)24/h6-9,13-14,17H,4-5,10-12H2,1-3H3,(H,20,24)(H,25,26). The number of aromatic nitrogens is 2. The Hall–Kier alpha value is -2.28. The molecule has 3 unspecified atom stereocenters. The number of benzene rings is 1. The Balaban J connectivity index is 1.94. The predicted molar refractivity (Wildman–Crippen MR) is 102 cm³/mol. The molecule has 1 saturated heterocycles. The fourth-order valence-corrected chi connectivity index (χ4v) is 4.39. The summed E-state index contributed by atoms with van der Waals surface area (Å²) in [7, 11) is 0. The first kappa shape index (κ1) is 18.5. The minimum absolute atomic E-state index is 0.00253. The third-order valence-corrected chi connectivity index (χ3v) is 5.80. The summed E-state index contributed by atoms with van der Waals surface area (Å²) in [6.45, 7) is 8.47. The molecular formula is C19H28N4O3. The van der Waals surface area contributed by atoms with Gasteiger partial charge in [-0.1, -0.05) is 26.0 Å². The fraction of sp³-hybridized carbons (Fsp3) is 0.579. The maximum absolute atomic E-state index is 12.5. The molecule has 1 amide bonds. The number of fused-ring (bicyclic) bond motifs is 1. The van der Waals surface area contributed by atoms with Crippen molar-refractivity contribution in [2.24, 2.45) is 0 Å². The van der Waals surface area contributed by atoms with Gasteiger partial charge < -0.3 is 15.0 Å². The predicted octanol–water partition coefficient (Wildman–Crippen LogP) is 2.74. The zero-order chi connectivity index (χ0) is 18.8. The topological polar surface area (TPSA) is 81.6 Å². The smallest absolute Gasteiger partial charge is 0.407 e. The number of hydrogen-bond acceptors (Lipinski definition) is 3. The van der Waals surface area contributed by atoms with Crippen LogP contribution in [0.3, 0.4) is 0 Å². The molecule has 1 aliphatic rings. The summed E-state index contributed by atoms with van der Waals surface area (Å²) in [5.41, 5.74) is 1.60. The number of aromatic amines is 1. The van der Waals surface area contributed by atoms with Gasteiger partial charge in [0.1, 0.15) is 0 Å². The van der Waals surface area contributed by atoms with E-state index in [0.29, 0.717) is 19.4 Å². The second kappa shape index (κ2) is 7.53. The Morgan fingerprint density at radius 3 is 2.69 bits per heavy atom. The fourth-order valence-electron chi connectivity index (χ4n) is 4.39. The van der Waals surface area contributed by atoms with E-state index >= 15 is 0 Å². The highest BCUT2D eigenvalue weighted by molar-refractivity contribution is 5.75. The monoisotopic (exact) mass is 360 g/mol. The number of para-hydroxylation sites is 2. The Labute approximate surface area is 153 Å². The van der Waals surface area contributed by atoms with E-state index in [1.54, 1.807) is 4.90 Å². The van der Waals surface area contributed by atoms with Crippen LogP contribution in [-0.4, -0.2) is 62.3 Å². The van der Waals surface area contributed by atoms with Crippen molar-refractivity contribution in [2.75, 3.05) is 19.6 Å². The highest BCUT2D eigenvalue weighted by Crippen LogP contribution is 2.31. The van der Waals surface area contributed by atoms with Crippen LogP contribution < -0.4 is 5.69 Å². The molecule has 1 aliphatic heterocycles. The second-order valence-corrected chi connectivity index (χ2v) is 7.00. The molecule has 0 bridgehead atoms. The molecule has 3 atom stereocenters. The van der Waals surface area contributed by atoms with Crippen molar-refractivity contribution >= 4 is 17.1 Å². The van der Waals surface area contributed by atoms with Crippen molar-refractivity contribution in [2.45, 2.75) is 51.7 Å². The van der Waals surface area contributed by atoms with Crippen LogP contribution in [0.25, 0.3) is 11.0 Å². The largest absolute Gasteiger partial charge is 0.465 e. The van der Waals surface area contributed by atoms with Crippen LogP contribution in [0, 0.1) is 0 Å². The number of rotatable bonds is 5. The maximum Gasteiger partial charge on any atom is 0.407 e. The molecule has 1 aromatic heterocycles. The first-order valence-corrected chi connectivity index (χ1v) is 9.40. The van der Waals surface area contributed by atoms with E-state index in [9.17, 15) is 14.7 Å². The molecule has 2 aromatic rings. The van der Waals surface area contributed by atoms with Crippen LogP contribution in [0.1, 0.15) is 39.7 Å². The van der Waals surface area contributed by atoms with Crippen molar-refractivity contribution in [3.05, 3.63) is 34.7 Å². The summed E-state index contributed by atoms with van der Waals surface area (Å²) in [5, 5.41) is 9.66. The highest BCUT2D eigenvalue weighted by Gasteiger charge is 2.38. The van der Waals surface area contributed by atoms with Gasteiger partial charge >= 0.3 is 11.8 Å². The van der Waals surface area contributed by atoms with E-state index in [-0.39, 0.29) is 23.8 Å². The van der Waals surface area contributed by atoms with Gasteiger partial charge in [-0.25, -0.2) is 9.59 Å². The lowest BCUT2D eigenvalue weighted by Gasteiger charge is -2.44. The molecule has 1 fully saturated rings. The lowest BCUT2D eigenvalue weighted by Crippen LogP contribution is -2.56. The lowest BCUT2D eigenvalue weighted by atomic mass is 9.91. The molecule has 2 heterocycles. The zero-order valence-electron chi connectivity index (χ0n) is 15.7. The number of nitrogens with zero attached hydrogens (tertiary/aromatic N) is 3. The van der Waals surface area contributed by atoms with E-state index in [2.05, 4.69) is 30.7 Å². The second-order valence-electron chi connectivity index (χ2n) is 7.00. The molecular weight excluding hydrogens is 332 g/mol. The van der Waals surface area contributed by atoms with Crippen LogP contribution in [-0.2, 0) is 0 Å². The normalized spacial score (nSPS) is 22.1. The Morgan fingerprint density at radius 1 is 1.35 bits per heavy atom. The molecule has 7 nitrogen and oxygen atoms in total. The average molecular weight is 360 g/mol. The molecule has 0 saturated carbocycles. The van der Waals surface area contributed by atoms with Gasteiger partial charge in [0.05, 0.1) is 17.1 Å². The number of hydrogen-bond donors (Lipinski definition) is 2. The summed E-state index contributed by atoms with van der Waals surface area (Å²) in [6.07, 6.45) is 0.417. The lowest BCUT2D eigenvalue weighted by molar-refractivity contribution is 0.0462. The van der Waals surface area contributed by atoms with Gasteiger partial charge in [0.2, 0.25) is 0 Å². The van der Waals surface area contributed by atoms with Crippen LogP contribution in [0.15, 0.2) is 29.1 Å². The summed E-state index contributed by atoms with van der Waals surface area (Å²) >= 11 is 0. The molecule has 3 rings (SSSR count).